The topological polar surface area (TPSA) is 27.7 Å². The van der Waals surface area contributed by atoms with Crippen molar-refractivity contribution >= 4 is 44.6 Å². The molecule has 0 fully saturated rings. The van der Waals surface area contributed by atoms with Crippen LogP contribution in [0, 0.1) is 12.1 Å². The summed E-state index contributed by atoms with van der Waals surface area (Å²) in [4.78, 5) is 6.90. The molecule has 8 rings (SSSR count). The van der Waals surface area contributed by atoms with E-state index in [2.05, 4.69) is 161 Å². The van der Waals surface area contributed by atoms with Gasteiger partial charge in [-0.1, -0.05) is 65.0 Å². The number of imidazole rings is 1. The number of aromatic nitrogens is 4. The maximum absolute atomic E-state index is 4.83. The fourth-order valence-corrected chi connectivity index (χ4v) is 6.84. The second-order valence-electron chi connectivity index (χ2n) is 11.2. The molecular formula is C39H29N4PtS-. The Morgan fingerprint density at radius 1 is 0.667 bits per heavy atom. The molecule has 4 nitrogen and oxygen atoms in total. The van der Waals surface area contributed by atoms with E-state index < -0.39 is 0 Å². The molecule has 0 saturated carbocycles. The minimum Gasteiger partial charge on any atom is -0.319 e. The number of pyridine rings is 1. The number of hydrogen-bond donors (Lipinski definition) is 0. The van der Waals surface area contributed by atoms with Crippen molar-refractivity contribution in [1.82, 2.24) is 18.7 Å². The fourth-order valence-electron chi connectivity index (χ4n) is 6.02. The van der Waals surface area contributed by atoms with Gasteiger partial charge in [0.25, 0.3) is 0 Å². The van der Waals surface area contributed by atoms with E-state index in [0.29, 0.717) is 6.04 Å². The Bertz CT molecular complexity index is 2300. The quantitative estimate of drug-likeness (QED) is 0.157. The van der Waals surface area contributed by atoms with Crippen LogP contribution in [0.1, 0.15) is 19.9 Å². The van der Waals surface area contributed by atoms with Crippen LogP contribution in [0.2, 0.25) is 0 Å². The molecule has 3 aromatic heterocycles. The number of rotatable bonds is 6. The zero-order chi connectivity index (χ0) is 29.6. The molecule has 0 aliphatic rings. The smallest absolute Gasteiger partial charge is 0.188 e. The minimum absolute atomic E-state index is 0. The van der Waals surface area contributed by atoms with Crippen LogP contribution in [0.4, 0.5) is 0 Å². The largest absolute Gasteiger partial charge is 0.319 e. The van der Waals surface area contributed by atoms with Crippen LogP contribution in [-0.4, -0.2) is 18.7 Å². The van der Waals surface area contributed by atoms with E-state index >= 15 is 0 Å². The molecule has 0 unspecified atom stereocenters. The van der Waals surface area contributed by atoms with Crippen molar-refractivity contribution in [1.29, 1.82) is 0 Å². The zero-order valence-corrected chi connectivity index (χ0v) is 27.9. The molecule has 0 saturated heterocycles. The van der Waals surface area contributed by atoms with Gasteiger partial charge in [0.15, 0.2) is 17.4 Å². The van der Waals surface area contributed by atoms with Crippen LogP contribution in [-0.2, 0) is 21.1 Å². The van der Waals surface area contributed by atoms with Crippen LogP contribution in [0.3, 0.4) is 0 Å². The zero-order valence-electron chi connectivity index (χ0n) is 24.8. The molecule has 0 aliphatic carbocycles. The normalized spacial score (nSPS) is 11.4. The van der Waals surface area contributed by atoms with Crippen molar-refractivity contribution in [3.8, 4) is 22.6 Å². The number of hydrogen-bond acceptors (Lipinski definition) is 2. The molecule has 222 valence electrons. The molecule has 3 heterocycles. The summed E-state index contributed by atoms with van der Waals surface area (Å²) in [5.74, 6) is 0.877. The Balaban J connectivity index is 0.00000325. The van der Waals surface area contributed by atoms with Crippen molar-refractivity contribution < 1.29 is 21.1 Å². The van der Waals surface area contributed by atoms with Crippen molar-refractivity contribution in [2.45, 2.75) is 29.7 Å². The van der Waals surface area contributed by atoms with E-state index in [0.717, 1.165) is 43.3 Å². The predicted molar refractivity (Wildman–Crippen MR) is 182 cm³/mol. The fraction of sp³-hybridized carbons (Fsp3) is 0.0769. The molecule has 0 bridgehead atoms. The van der Waals surface area contributed by atoms with Crippen LogP contribution >= 0.6 is 11.8 Å². The van der Waals surface area contributed by atoms with E-state index in [9.17, 15) is 0 Å². The predicted octanol–water partition coefficient (Wildman–Crippen LogP) is 10.2. The molecule has 45 heavy (non-hydrogen) atoms. The standard InChI is InChI=1S/C39H29N4S.Pt/c1-27(2)41-26-42(37-18-9-8-17-36(37)41)30-13-10-14-31(24-30)44-32-19-20-34-33-15-6-7-16-35(33)43(38(34)25-32)39-23-29(21-22-40-39)28-11-4-3-5-12-28;/h3-23,26-27H,1-2H3;/q-1;. The van der Waals surface area contributed by atoms with Gasteiger partial charge >= 0.3 is 0 Å². The van der Waals surface area contributed by atoms with Gasteiger partial charge in [0, 0.05) is 50.6 Å². The summed E-state index contributed by atoms with van der Waals surface area (Å²) in [5.41, 5.74) is 7.83. The average Bonchev–Trinajstić information content (AvgIpc) is 3.62. The van der Waals surface area contributed by atoms with Crippen molar-refractivity contribution in [3.05, 3.63) is 146 Å². The first-order valence-electron chi connectivity index (χ1n) is 14.8. The Morgan fingerprint density at radius 2 is 1.40 bits per heavy atom. The van der Waals surface area contributed by atoms with Crippen LogP contribution < -0.4 is 0 Å². The van der Waals surface area contributed by atoms with E-state index in [1.165, 1.54) is 22.0 Å². The molecule has 0 amide bonds. The molecular weight excluding hydrogens is 752 g/mol. The number of nitrogens with zero attached hydrogens (tertiary/aromatic N) is 4. The molecule has 0 spiro atoms. The van der Waals surface area contributed by atoms with E-state index in [1.54, 1.807) is 11.8 Å². The first kappa shape index (κ1) is 29.3. The Labute approximate surface area is 281 Å². The summed E-state index contributed by atoms with van der Waals surface area (Å²) >= 11 is 1.68. The molecule has 0 radical (unpaired) electrons. The van der Waals surface area contributed by atoms with Crippen LogP contribution in [0.25, 0.3) is 55.5 Å². The molecule has 0 atom stereocenters. The van der Waals surface area contributed by atoms with Gasteiger partial charge in [-0.3, -0.25) is 0 Å². The van der Waals surface area contributed by atoms with Gasteiger partial charge < -0.3 is 4.57 Å². The first-order valence-corrected chi connectivity index (χ1v) is 15.6. The van der Waals surface area contributed by atoms with Crippen LogP contribution in [0.5, 0.6) is 0 Å². The number of para-hydroxylation sites is 3. The van der Waals surface area contributed by atoms with Gasteiger partial charge in [-0.2, -0.15) is 24.3 Å². The maximum atomic E-state index is 4.83. The summed E-state index contributed by atoms with van der Waals surface area (Å²) in [5, 5.41) is 2.35. The third-order valence-electron chi connectivity index (χ3n) is 8.09. The van der Waals surface area contributed by atoms with Crippen molar-refractivity contribution in [2.75, 3.05) is 0 Å². The average molecular weight is 781 g/mol. The second kappa shape index (κ2) is 12.2. The minimum atomic E-state index is 0. The molecule has 5 aromatic carbocycles. The molecule has 0 N–H and O–H groups in total. The summed E-state index contributed by atoms with van der Waals surface area (Å²) in [6, 6.07) is 50.2. The van der Waals surface area contributed by atoms with Gasteiger partial charge in [-0.15, -0.1) is 34.2 Å². The van der Waals surface area contributed by atoms with Gasteiger partial charge in [-0.25, -0.2) is 14.1 Å². The monoisotopic (exact) mass is 780 g/mol. The molecule has 8 aromatic rings. The molecule has 0 aliphatic heterocycles. The van der Waals surface area contributed by atoms with E-state index in [4.69, 9.17) is 4.98 Å². The summed E-state index contributed by atoms with van der Waals surface area (Å²) in [6.07, 6.45) is 4.08. The van der Waals surface area contributed by atoms with Crippen molar-refractivity contribution in [2.24, 2.45) is 0 Å². The van der Waals surface area contributed by atoms with Gasteiger partial charge in [0.1, 0.15) is 5.82 Å². The third kappa shape index (κ3) is 5.31. The first-order chi connectivity index (χ1) is 21.6. The number of benzene rings is 5. The van der Waals surface area contributed by atoms with E-state index in [1.807, 2.05) is 12.3 Å². The Kier molecular flexibility index (Phi) is 7.91. The molecule has 6 heteroatoms. The van der Waals surface area contributed by atoms with E-state index in [-0.39, 0.29) is 21.1 Å². The Morgan fingerprint density at radius 3 is 2.22 bits per heavy atom. The maximum Gasteiger partial charge on any atom is 0.188 e. The summed E-state index contributed by atoms with van der Waals surface area (Å²) in [6.45, 7) is 4.43. The summed E-state index contributed by atoms with van der Waals surface area (Å²) < 4.78 is 6.78. The van der Waals surface area contributed by atoms with Gasteiger partial charge in [0.2, 0.25) is 0 Å². The SMILES string of the molecule is CC(C)n1[cH+]n(-c2[c-]c(Sc3[c-]c4c(cc3)c3ccccc3n4-c3cc(-c4ccccc4)ccn3)ccc2)c2ccccc21.[Pt]. The second-order valence-corrected chi connectivity index (χ2v) is 12.3. The van der Waals surface area contributed by atoms with Gasteiger partial charge in [-0.05, 0) is 60.7 Å². The Hall–Kier alpha value is -4.44. The summed E-state index contributed by atoms with van der Waals surface area (Å²) in [7, 11) is 0. The van der Waals surface area contributed by atoms with Crippen LogP contribution in [0.15, 0.2) is 144 Å². The van der Waals surface area contributed by atoms with Crippen molar-refractivity contribution in [3.63, 3.8) is 0 Å². The third-order valence-corrected chi connectivity index (χ3v) is 9.00. The van der Waals surface area contributed by atoms with Gasteiger partial charge in [0.05, 0.1) is 6.04 Å². The number of fused-ring (bicyclic) bond motifs is 4.